The second kappa shape index (κ2) is 7.80. The molecule has 1 aromatic carbocycles. The molecular formula is C15H12Cl2N2O4. The summed E-state index contributed by atoms with van der Waals surface area (Å²) < 4.78 is 9.94. The first-order valence-corrected chi connectivity index (χ1v) is 7.17. The highest BCUT2D eigenvalue weighted by Crippen LogP contribution is 2.20. The molecule has 1 N–H and O–H groups in total. The van der Waals surface area contributed by atoms with Crippen molar-refractivity contribution < 1.29 is 19.1 Å². The van der Waals surface area contributed by atoms with E-state index in [-0.39, 0.29) is 15.7 Å². The van der Waals surface area contributed by atoms with Gasteiger partial charge in [0.1, 0.15) is 10.9 Å². The van der Waals surface area contributed by atoms with E-state index in [1.54, 1.807) is 24.3 Å². The molecule has 1 amide bonds. The average Bonchev–Trinajstić information content (AvgIpc) is 2.55. The maximum absolute atomic E-state index is 11.8. The topological polar surface area (TPSA) is 77.5 Å². The number of carbonyl (C=O) groups is 2. The van der Waals surface area contributed by atoms with E-state index in [1.807, 2.05) is 0 Å². The van der Waals surface area contributed by atoms with Crippen molar-refractivity contribution in [3.05, 3.63) is 52.3 Å². The third-order valence-electron chi connectivity index (χ3n) is 2.72. The number of pyridine rings is 1. The Bertz CT molecular complexity index is 737. The number of amides is 1. The third kappa shape index (κ3) is 4.84. The van der Waals surface area contributed by atoms with Crippen LogP contribution in [0.2, 0.25) is 10.2 Å². The molecule has 0 fully saturated rings. The average molecular weight is 355 g/mol. The molecule has 1 aromatic heterocycles. The summed E-state index contributed by atoms with van der Waals surface area (Å²) in [6, 6.07) is 8.11. The van der Waals surface area contributed by atoms with Crippen LogP contribution in [0.15, 0.2) is 36.5 Å². The molecule has 0 bridgehead atoms. The number of ether oxygens (including phenoxy) is 2. The second-order valence-electron chi connectivity index (χ2n) is 4.35. The first-order valence-electron chi connectivity index (χ1n) is 6.41. The minimum Gasteiger partial charge on any atom is -0.497 e. The van der Waals surface area contributed by atoms with Crippen LogP contribution in [-0.2, 0) is 9.53 Å². The van der Waals surface area contributed by atoms with Crippen molar-refractivity contribution >= 4 is 40.8 Å². The van der Waals surface area contributed by atoms with Crippen molar-refractivity contribution in [1.82, 2.24) is 4.98 Å². The highest BCUT2D eigenvalue weighted by atomic mass is 35.5. The van der Waals surface area contributed by atoms with Crippen LogP contribution in [0.25, 0.3) is 0 Å². The van der Waals surface area contributed by atoms with E-state index in [2.05, 4.69) is 10.3 Å². The molecule has 0 aliphatic rings. The lowest BCUT2D eigenvalue weighted by molar-refractivity contribution is -0.119. The van der Waals surface area contributed by atoms with Crippen LogP contribution < -0.4 is 10.1 Å². The van der Waals surface area contributed by atoms with Crippen molar-refractivity contribution in [2.24, 2.45) is 0 Å². The van der Waals surface area contributed by atoms with E-state index in [1.165, 1.54) is 19.4 Å². The molecule has 0 radical (unpaired) electrons. The number of halogens is 2. The first kappa shape index (κ1) is 17.1. The van der Waals surface area contributed by atoms with Gasteiger partial charge in [0.15, 0.2) is 6.61 Å². The van der Waals surface area contributed by atoms with Gasteiger partial charge in [0, 0.05) is 18.0 Å². The number of carbonyl (C=O) groups excluding carboxylic acids is 2. The van der Waals surface area contributed by atoms with Gasteiger partial charge in [-0.25, -0.2) is 9.78 Å². The zero-order chi connectivity index (χ0) is 16.8. The second-order valence-corrected chi connectivity index (χ2v) is 5.12. The van der Waals surface area contributed by atoms with Crippen LogP contribution in [0.4, 0.5) is 5.69 Å². The number of esters is 1. The standard InChI is InChI=1S/C15H12Cl2N2O4/c1-22-11-4-2-3-10(6-11)19-13(20)8-23-15(21)9-5-12(16)14(17)18-7-9/h2-7H,8H2,1H3,(H,19,20). The predicted octanol–water partition coefficient (Wildman–Crippen LogP) is 3.19. The smallest absolute Gasteiger partial charge is 0.340 e. The van der Waals surface area contributed by atoms with Crippen molar-refractivity contribution in [1.29, 1.82) is 0 Å². The lowest BCUT2D eigenvalue weighted by Crippen LogP contribution is -2.21. The number of rotatable bonds is 5. The van der Waals surface area contributed by atoms with Crippen LogP contribution in [0.3, 0.4) is 0 Å². The minimum absolute atomic E-state index is 0.0824. The number of benzene rings is 1. The lowest BCUT2D eigenvalue weighted by Gasteiger charge is -2.08. The van der Waals surface area contributed by atoms with E-state index >= 15 is 0 Å². The van der Waals surface area contributed by atoms with Crippen molar-refractivity contribution in [3.63, 3.8) is 0 Å². The van der Waals surface area contributed by atoms with E-state index < -0.39 is 18.5 Å². The van der Waals surface area contributed by atoms with Crippen LogP contribution in [0.1, 0.15) is 10.4 Å². The summed E-state index contributed by atoms with van der Waals surface area (Å²) in [7, 11) is 1.52. The van der Waals surface area contributed by atoms with Gasteiger partial charge in [0.2, 0.25) is 0 Å². The summed E-state index contributed by atoms with van der Waals surface area (Å²) >= 11 is 11.4. The highest BCUT2D eigenvalue weighted by Gasteiger charge is 2.13. The zero-order valence-corrected chi connectivity index (χ0v) is 13.5. The molecule has 6 nitrogen and oxygen atoms in total. The quantitative estimate of drug-likeness (QED) is 0.658. The Labute approximate surface area is 142 Å². The number of hydrogen-bond donors (Lipinski definition) is 1. The third-order valence-corrected chi connectivity index (χ3v) is 3.41. The summed E-state index contributed by atoms with van der Waals surface area (Å²) in [6.07, 6.45) is 1.22. The molecule has 0 spiro atoms. The molecule has 23 heavy (non-hydrogen) atoms. The summed E-state index contributed by atoms with van der Waals surface area (Å²) in [5.41, 5.74) is 0.634. The monoisotopic (exact) mass is 354 g/mol. The molecule has 8 heteroatoms. The van der Waals surface area contributed by atoms with Gasteiger partial charge in [-0.2, -0.15) is 0 Å². The predicted molar refractivity (Wildman–Crippen MR) is 86.2 cm³/mol. The zero-order valence-electron chi connectivity index (χ0n) is 12.0. The molecule has 0 atom stereocenters. The maximum atomic E-state index is 11.8. The fourth-order valence-corrected chi connectivity index (χ4v) is 1.91. The number of anilines is 1. The molecule has 2 aromatic rings. The number of methoxy groups -OCH3 is 1. The Kier molecular flexibility index (Phi) is 5.78. The van der Waals surface area contributed by atoms with E-state index in [0.29, 0.717) is 11.4 Å². The normalized spacial score (nSPS) is 10.0. The van der Waals surface area contributed by atoms with Crippen LogP contribution in [-0.4, -0.2) is 30.6 Å². The summed E-state index contributed by atoms with van der Waals surface area (Å²) in [5, 5.41) is 2.79. The van der Waals surface area contributed by atoms with E-state index in [0.717, 1.165) is 0 Å². The molecule has 1 heterocycles. The van der Waals surface area contributed by atoms with E-state index in [9.17, 15) is 9.59 Å². The molecule has 2 rings (SSSR count). The molecule has 0 aliphatic heterocycles. The SMILES string of the molecule is COc1cccc(NC(=O)COC(=O)c2cnc(Cl)c(Cl)c2)c1. The maximum Gasteiger partial charge on any atom is 0.340 e. The molecule has 120 valence electrons. The van der Waals surface area contributed by atoms with Gasteiger partial charge in [-0.15, -0.1) is 0 Å². The number of hydrogen-bond acceptors (Lipinski definition) is 5. The van der Waals surface area contributed by atoms with Gasteiger partial charge < -0.3 is 14.8 Å². The fourth-order valence-electron chi connectivity index (χ4n) is 1.65. The Balaban J connectivity index is 1.90. The summed E-state index contributed by atoms with van der Waals surface area (Å²) in [6.45, 7) is -0.448. The lowest BCUT2D eigenvalue weighted by atomic mass is 10.3. The summed E-state index contributed by atoms with van der Waals surface area (Å²) in [5.74, 6) is -0.613. The van der Waals surface area contributed by atoms with Gasteiger partial charge >= 0.3 is 5.97 Å². The van der Waals surface area contributed by atoms with Gasteiger partial charge in [-0.3, -0.25) is 4.79 Å². The Hall–Kier alpha value is -2.31. The Morgan fingerprint density at radius 2 is 2.04 bits per heavy atom. The molecule has 0 unspecified atom stereocenters. The Morgan fingerprint density at radius 3 is 2.74 bits per heavy atom. The number of nitrogens with one attached hydrogen (secondary N) is 1. The highest BCUT2D eigenvalue weighted by molar-refractivity contribution is 6.41. The van der Waals surface area contributed by atoms with Gasteiger partial charge in [-0.1, -0.05) is 29.3 Å². The van der Waals surface area contributed by atoms with Crippen LogP contribution >= 0.6 is 23.2 Å². The molecule has 0 aliphatic carbocycles. The fraction of sp³-hybridized carbons (Fsp3) is 0.133. The summed E-state index contributed by atoms with van der Waals surface area (Å²) in [4.78, 5) is 27.3. The van der Waals surface area contributed by atoms with Gasteiger partial charge in [0.25, 0.3) is 5.91 Å². The first-order chi connectivity index (χ1) is 11.0. The van der Waals surface area contributed by atoms with Crippen LogP contribution in [0.5, 0.6) is 5.75 Å². The minimum atomic E-state index is -0.725. The number of aromatic nitrogens is 1. The largest absolute Gasteiger partial charge is 0.497 e. The van der Waals surface area contributed by atoms with Crippen LogP contribution in [0, 0.1) is 0 Å². The Morgan fingerprint density at radius 1 is 1.26 bits per heavy atom. The molecular weight excluding hydrogens is 343 g/mol. The number of nitrogens with zero attached hydrogens (tertiary/aromatic N) is 1. The van der Waals surface area contributed by atoms with Crippen molar-refractivity contribution in [2.75, 3.05) is 19.0 Å². The molecule has 0 saturated heterocycles. The van der Waals surface area contributed by atoms with Crippen molar-refractivity contribution in [2.45, 2.75) is 0 Å². The van der Waals surface area contributed by atoms with Crippen molar-refractivity contribution in [3.8, 4) is 5.75 Å². The van der Waals surface area contributed by atoms with Gasteiger partial charge in [0.05, 0.1) is 17.7 Å². The van der Waals surface area contributed by atoms with Gasteiger partial charge in [-0.05, 0) is 18.2 Å². The molecule has 0 saturated carbocycles. The van der Waals surface area contributed by atoms with E-state index in [4.69, 9.17) is 32.7 Å².